The molecule has 0 spiro atoms. The third-order valence-corrected chi connectivity index (χ3v) is 3.41. The summed E-state index contributed by atoms with van der Waals surface area (Å²) < 4.78 is 5.14. The van der Waals surface area contributed by atoms with Crippen molar-refractivity contribution in [3.8, 4) is 0 Å². The number of nitrogens with zero attached hydrogens (tertiary/aromatic N) is 1. The minimum Gasteiger partial charge on any atom is -0.469 e. The molecule has 4 nitrogen and oxygen atoms in total. The van der Waals surface area contributed by atoms with Gasteiger partial charge in [0, 0.05) is 25.7 Å². The molecule has 1 aliphatic heterocycles. The Hall–Kier alpha value is -1.55. The Bertz CT molecular complexity index is 417. The van der Waals surface area contributed by atoms with Crippen molar-refractivity contribution in [2.75, 3.05) is 19.6 Å². The first-order valence-corrected chi connectivity index (χ1v) is 6.39. The SMILES string of the molecule is C=CCN1CCC(NC(=O)c2ccoc2C)CC1. The number of nitrogens with one attached hydrogen (secondary N) is 1. The van der Waals surface area contributed by atoms with Crippen LogP contribution in [0.15, 0.2) is 29.4 Å². The highest BCUT2D eigenvalue weighted by Gasteiger charge is 2.21. The number of furan rings is 1. The van der Waals surface area contributed by atoms with Crippen LogP contribution in [0.5, 0.6) is 0 Å². The lowest BCUT2D eigenvalue weighted by atomic mass is 10.0. The van der Waals surface area contributed by atoms with Gasteiger partial charge in [0.05, 0.1) is 11.8 Å². The maximum Gasteiger partial charge on any atom is 0.255 e. The summed E-state index contributed by atoms with van der Waals surface area (Å²) in [5.74, 6) is 0.653. The maximum atomic E-state index is 12.0. The monoisotopic (exact) mass is 248 g/mol. The van der Waals surface area contributed by atoms with E-state index < -0.39 is 0 Å². The molecule has 1 aliphatic rings. The number of amides is 1. The van der Waals surface area contributed by atoms with Gasteiger partial charge in [-0.3, -0.25) is 9.69 Å². The average molecular weight is 248 g/mol. The third kappa shape index (κ3) is 3.01. The standard InChI is InChI=1S/C14H20N2O2/c1-3-7-16-8-4-12(5-9-16)15-14(17)13-6-10-18-11(13)2/h3,6,10,12H,1,4-5,7-9H2,2H3,(H,15,17). The summed E-state index contributed by atoms with van der Waals surface area (Å²) in [6.07, 6.45) is 5.47. The second-order valence-electron chi connectivity index (χ2n) is 4.73. The Kier molecular flexibility index (Phi) is 4.20. The minimum absolute atomic E-state index is 0.0246. The van der Waals surface area contributed by atoms with E-state index in [9.17, 15) is 4.79 Å². The minimum atomic E-state index is -0.0246. The fourth-order valence-corrected chi connectivity index (χ4v) is 2.33. The zero-order valence-electron chi connectivity index (χ0n) is 10.8. The van der Waals surface area contributed by atoms with E-state index in [0.29, 0.717) is 11.3 Å². The van der Waals surface area contributed by atoms with E-state index in [2.05, 4.69) is 16.8 Å². The van der Waals surface area contributed by atoms with Gasteiger partial charge < -0.3 is 9.73 Å². The molecule has 98 valence electrons. The van der Waals surface area contributed by atoms with Crippen LogP contribution in [-0.4, -0.2) is 36.5 Å². The van der Waals surface area contributed by atoms with Crippen molar-refractivity contribution in [2.45, 2.75) is 25.8 Å². The van der Waals surface area contributed by atoms with Crippen molar-refractivity contribution < 1.29 is 9.21 Å². The predicted octanol–water partition coefficient (Wildman–Crippen LogP) is 1.97. The molecule has 1 aromatic rings. The molecule has 1 N–H and O–H groups in total. The van der Waals surface area contributed by atoms with Gasteiger partial charge in [0.25, 0.3) is 5.91 Å². The van der Waals surface area contributed by atoms with Crippen molar-refractivity contribution in [1.29, 1.82) is 0 Å². The zero-order chi connectivity index (χ0) is 13.0. The van der Waals surface area contributed by atoms with Crippen LogP contribution in [0.3, 0.4) is 0 Å². The summed E-state index contributed by atoms with van der Waals surface area (Å²) in [6, 6.07) is 1.99. The van der Waals surface area contributed by atoms with Gasteiger partial charge in [-0.2, -0.15) is 0 Å². The highest BCUT2D eigenvalue weighted by atomic mass is 16.3. The Morgan fingerprint density at radius 1 is 1.61 bits per heavy atom. The molecule has 2 heterocycles. The number of hydrogen-bond acceptors (Lipinski definition) is 3. The number of aryl methyl sites for hydroxylation is 1. The van der Waals surface area contributed by atoms with Crippen LogP contribution in [0.2, 0.25) is 0 Å². The summed E-state index contributed by atoms with van der Waals surface area (Å²) in [5, 5.41) is 3.07. The van der Waals surface area contributed by atoms with Crippen LogP contribution in [0.4, 0.5) is 0 Å². The molecule has 1 saturated heterocycles. The second kappa shape index (κ2) is 5.87. The molecule has 0 unspecified atom stereocenters. The van der Waals surface area contributed by atoms with E-state index in [1.54, 1.807) is 12.3 Å². The molecule has 0 aromatic carbocycles. The molecular weight excluding hydrogens is 228 g/mol. The van der Waals surface area contributed by atoms with Crippen LogP contribution in [0.1, 0.15) is 29.0 Å². The number of rotatable bonds is 4. The Morgan fingerprint density at radius 2 is 2.33 bits per heavy atom. The van der Waals surface area contributed by atoms with Gasteiger partial charge in [-0.15, -0.1) is 6.58 Å². The third-order valence-electron chi connectivity index (χ3n) is 3.41. The molecular formula is C14H20N2O2. The first-order valence-electron chi connectivity index (χ1n) is 6.39. The van der Waals surface area contributed by atoms with Crippen LogP contribution < -0.4 is 5.32 Å². The number of carbonyl (C=O) groups is 1. The summed E-state index contributed by atoms with van der Waals surface area (Å²) >= 11 is 0. The molecule has 1 amide bonds. The fraction of sp³-hybridized carbons (Fsp3) is 0.500. The molecule has 0 aliphatic carbocycles. The van der Waals surface area contributed by atoms with Gasteiger partial charge in [-0.05, 0) is 25.8 Å². The number of carbonyl (C=O) groups excluding carboxylic acids is 1. The van der Waals surface area contributed by atoms with Crippen LogP contribution >= 0.6 is 0 Å². The van der Waals surface area contributed by atoms with Crippen LogP contribution in [0.25, 0.3) is 0 Å². The molecule has 2 rings (SSSR count). The van der Waals surface area contributed by atoms with Gasteiger partial charge in [0.1, 0.15) is 5.76 Å². The molecule has 1 aromatic heterocycles. The van der Waals surface area contributed by atoms with Gasteiger partial charge >= 0.3 is 0 Å². The van der Waals surface area contributed by atoms with Gasteiger partial charge in [-0.25, -0.2) is 0 Å². The average Bonchev–Trinajstić information content (AvgIpc) is 2.78. The van der Waals surface area contributed by atoms with Gasteiger partial charge in [0.2, 0.25) is 0 Å². The summed E-state index contributed by atoms with van der Waals surface area (Å²) in [5.41, 5.74) is 0.642. The first kappa shape index (κ1) is 12.9. The van der Waals surface area contributed by atoms with Crippen molar-refractivity contribution in [3.63, 3.8) is 0 Å². The number of piperidine rings is 1. The molecule has 1 fully saturated rings. The Morgan fingerprint density at radius 3 is 2.89 bits per heavy atom. The maximum absolute atomic E-state index is 12.0. The second-order valence-corrected chi connectivity index (χ2v) is 4.73. The van der Waals surface area contributed by atoms with E-state index in [-0.39, 0.29) is 11.9 Å². The van der Waals surface area contributed by atoms with Crippen molar-refractivity contribution in [1.82, 2.24) is 10.2 Å². The Balaban J connectivity index is 1.83. The topological polar surface area (TPSA) is 45.5 Å². The van der Waals surface area contributed by atoms with E-state index >= 15 is 0 Å². The molecule has 18 heavy (non-hydrogen) atoms. The van der Waals surface area contributed by atoms with Crippen molar-refractivity contribution in [3.05, 3.63) is 36.3 Å². The highest BCUT2D eigenvalue weighted by molar-refractivity contribution is 5.95. The first-order chi connectivity index (χ1) is 8.70. The van der Waals surface area contributed by atoms with E-state index in [0.717, 1.165) is 32.5 Å². The largest absolute Gasteiger partial charge is 0.469 e. The lowest BCUT2D eigenvalue weighted by Crippen LogP contribution is -2.44. The quantitative estimate of drug-likeness (QED) is 0.829. The molecule has 0 radical (unpaired) electrons. The van der Waals surface area contributed by atoms with Gasteiger partial charge in [0.15, 0.2) is 0 Å². The molecule has 4 heteroatoms. The van der Waals surface area contributed by atoms with Crippen molar-refractivity contribution in [2.24, 2.45) is 0 Å². The normalized spacial score (nSPS) is 17.6. The smallest absolute Gasteiger partial charge is 0.255 e. The van der Waals surface area contributed by atoms with Crippen LogP contribution in [0, 0.1) is 6.92 Å². The summed E-state index contributed by atoms with van der Waals surface area (Å²) in [7, 11) is 0. The van der Waals surface area contributed by atoms with Crippen molar-refractivity contribution >= 4 is 5.91 Å². The van der Waals surface area contributed by atoms with Gasteiger partial charge in [-0.1, -0.05) is 6.08 Å². The fourth-order valence-electron chi connectivity index (χ4n) is 2.33. The van der Waals surface area contributed by atoms with E-state index in [1.807, 2.05) is 13.0 Å². The number of hydrogen-bond donors (Lipinski definition) is 1. The van der Waals surface area contributed by atoms with Crippen LogP contribution in [-0.2, 0) is 0 Å². The summed E-state index contributed by atoms with van der Waals surface area (Å²) in [4.78, 5) is 14.3. The van der Waals surface area contributed by atoms with E-state index in [1.165, 1.54) is 0 Å². The lowest BCUT2D eigenvalue weighted by molar-refractivity contribution is 0.0912. The predicted molar refractivity (Wildman–Crippen MR) is 70.6 cm³/mol. The van der Waals surface area contributed by atoms with E-state index in [4.69, 9.17) is 4.42 Å². The molecule has 0 atom stereocenters. The lowest BCUT2D eigenvalue weighted by Gasteiger charge is -2.31. The zero-order valence-corrected chi connectivity index (χ0v) is 10.8. The highest BCUT2D eigenvalue weighted by Crippen LogP contribution is 2.13. The summed E-state index contributed by atoms with van der Waals surface area (Å²) in [6.45, 7) is 8.51. The Labute approximate surface area is 108 Å². The molecule has 0 bridgehead atoms. The number of likely N-dealkylation sites (tertiary alicyclic amines) is 1. The molecule has 0 saturated carbocycles.